The molecule has 3 aliphatic heterocycles. The fraction of sp³-hybridized carbons (Fsp3) is 0.423. The maximum absolute atomic E-state index is 12.1. The maximum atomic E-state index is 12.1. The van der Waals surface area contributed by atoms with Crippen LogP contribution in [0, 0.1) is 5.41 Å². The molecule has 1 amide bonds. The average Bonchev–Trinajstić information content (AvgIpc) is 2.85. The van der Waals surface area contributed by atoms with Gasteiger partial charge in [-0.05, 0) is 47.7 Å². The van der Waals surface area contributed by atoms with E-state index in [0.29, 0.717) is 38.0 Å². The summed E-state index contributed by atoms with van der Waals surface area (Å²) in [6, 6.07) is 10.6. The Labute approximate surface area is 200 Å². The molecule has 1 aromatic heterocycles. The van der Waals surface area contributed by atoms with Gasteiger partial charge in [-0.3, -0.25) is 10.2 Å². The van der Waals surface area contributed by atoms with Crippen molar-refractivity contribution >= 4 is 17.4 Å². The molecule has 0 saturated carbocycles. The minimum atomic E-state index is 0.0489. The summed E-state index contributed by atoms with van der Waals surface area (Å²) in [5.74, 6) is 1.12. The van der Waals surface area contributed by atoms with Crippen LogP contribution in [0.5, 0.6) is 5.88 Å². The van der Waals surface area contributed by atoms with Crippen LogP contribution in [-0.2, 0) is 16.0 Å². The number of pyridine rings is 1. The van der Waals surface area contributed by atoms with Crippen LogP contribution in [-0.4, -0.2) is 67.6 Å². The number of aromatic nitrogens is 1. The third-order valence-corrected chi connectivity index (χ3v) is 6.84. The number of nitrogens with zero attached hydrogens (tertiary/aromatic N) is 3. The summed E-state index contributed by atoms with van der Waals surface area (Å²) in [5.41, 5.74) is 6.45. The number of hydrogen-bond acceptors (Lipinski definition) is 6. The first-order valence-corrected chi connectivity index (χ1v) is 11.8. The molecule has 3 aliphatic rings. The Morgan fingerprint density at radius 2 is 2.00 bits per heavy atom. The van der Waals surface area contributed by atoms with E-state index in [1.54, 1.807) is 20.2 Å². The van der Waals surface area contributed by atoms with Gasteiger partial charge < -0.3 is 24.6 Å². The fourth-order valence-electron chi connectivity index (χ4n) is 4.85. The summed E-state index contributed by atoms with van der Waals surface area (Å²) in [4.78, 5) is 20.3. The zero-order valence-corrected chi connectivity index (χ0v) is 19.8. The van der Waals surface area contributed by atoms with E-state index in [1.807, 2.05) is 17.0 Å². The van der Waals surface area contributed by atoms with E-state index in [1.165, 1.54) is 5.56 Å². The lowest BCUT2D eigenvalue weighted by atomic mass is 9.95. The number of nitrogens with one attached hydrogen (secondary N) is 2. The molecule has 0 radical (unpaired) electrons. The Bertz CT molecular complexity index is 1140. The molecule has 0 aliphatic carbocycles. The normalized spacial score (nSPS) is 18.3. The van der Waals surface area contributed by atoms with Gasteiger partial charge in [-0.2, -0.15) is 0 Å². The summed E-state index contributed by atoms with van der Waals surface area (Å²) < 4.78 is 10.6. The molecular formula is C26H31N5O3. The van der Waals surface area contributed by atoms with E-state index < -0.39 is 0 Å². The Balaban J connectivity index is 1.45. The number of benzene rings is 1. The van der Waals surface area contributed by atoms with Crippen LogP contribution < -0.4 is 15.0 Å². The van der Waals surface area contributed by atoms with Crippen LogP contribution in [0.1, 0.15) is 25.3 Å². The first-order valence-electron chi connectivity index (χ1n) is 11.8. The minimum Gasteiger partial charge on any atom is -0.481 e. The second-order valence-electron chi connectivity index (χ2n) is 9.06. The zero-order valence-electron chi connectivity index (χ0n) is 19.8. The molecule has 2 aromatic rings. The van der Waals surface area contributed by atoms with E-state index in [2.05, 4.69) is 33.4 Å². The van der Waals surface area contributed by atoms with Gasteiger partial charge in [0.25, 0.3) is 0 Å². The standard InChI is InChI=1S/C26H31N5O3/c1-17(32)30-11-8-23(29-21-15-34-16-21)22(14-30)26(27)31-10-3-4-20-12-18(5-6-24(20)31)19-7-9-28-25(13-19)33-2/h5-7,9,12-13,21,27,29H,3-4,8,10-11,14-16H2,1-2H3. The number of fused-ring (bicyclic) bond motifs is 1. The molecular weight excluding hydrogens is 430 g/mol. The van der Waals surface area contributed by atoms with Gasteiger partial charge in [-0.1, -0.05) is 6.07 Å². The average molecular weight is 462 g/mol. The molecule has 178 valence electrons. The van der Waals surface area contributed by atoms with Crippen LogP contribution >= 0.6 is 0 Å². The number of amides is 1. The Kier molecular flexibility index (Phi) is 6.24. The Morgan fingerprint density at radius 3 is 2.74 bits per heavy atom. The van der Waals surface area contributed by atoms with Crippen molar-refractivity contribution in [2.24, 2.45) is 0 Å². The largest absolute Gasteiger partial charge is 0.481 e. The van der Waals surface area contributed by atoms with Crippen molar-refractivity contribution in [2.45, 2.75) is 32.2 Å². The lowest BCUT2D eigenvalue weighted by Crippen LogP contribution is -2.50. The molecule has 4 heterocycles. The Hall–Kier alpha value is -3.39. The van der Waals surface area contributed by atoms with E-state index in [-0.39, 0.29) is 11.9 Å². The summed E-state index contributed by atoms with van der Waals surface area (Å²) in [6.07, 6.45) is 4.44. The summed E-state index contributed by atoms with van der Waals surface area (Å²) in [7, 11) is 1.62. The summed E-state index contributed by atoms with van der Waals surface area (Å²) in [5, 5.41) is 12.8. The molecule has 8 heteroatoms. The monoisotopic (exact) mass is 461 g/mol. The second kappa shape index (κ2) is 9.46. The van der Waals surface area contributed by atoms with Crippen LogP contribution in [0.2, 0.25) is 0 Å². The number of aryl methyl sites for hydroxylation is 1. The molecule has 8 nitrogen and oxygen atoms in total. The highest BCUT2D eigenvalue weighted by Crippen LogP contribution is 2.34. The van der Waals surface area contributed by atoms with Crippen LogP contribution in [0.15, 0.2) is 47.8 Å². The van der Waals surface area contributed by atoms with Crippen molar-refractivity contribution in [3.63, 3.8) is 0 Å². The second-order valence-corrected chi connectivity index (χ2v) is 9.06. The lowest BCUT2D eigenvalue weighted by molar-refractivity contribution is -0.128. The number of anilines is 1. The number of ether oxygens (including phenoxy) is 2. The number of carbonyl (C=O) groups excluding carboxylic acids is 1. The molecule has 0 unspecified atom stereocenters. The molecule has 0 atom stereocenters. The number of rotatable bonds is 5. The van der Waals surface area contributed by atoms with Crippen LogP contribution in [0.3, 0.4) is 0 Å². The molecule has 2 N–H and O–H groups in total. The van der Waals surface area contributed by atoms with Crippen molar-refractivity contribution in [1.29, 1.82) is 5.41 Å². The number of hydrogen-bond donors (Lipinski definition) is 2. The van der Waals surface area contributed by atoms with Crippen LogP contribution in [0.4, 0.5) is 5.69 Å². The van der Waals surface area contributed by atoms with Gasteiger partial charge in [-0.15, -0.1) is 0 Å². The van der Waals surface area contributed by atoms with Crippen LogP contribution in [0.25, 0.3) is 11.1 Å². The summed E-state index contributed by atoms with van der Waals surface area (Å²) in [6.45, 7) is 4.91. The molecule has 34 heavy (non-hydrogen) atoms. The van der Waals surface area contributed by atoms with Gasteiger partial charge in [0.1, 0.15) is 5.84 Å². The van der Waals surface area contributed by atoms with E-state index >= 15 is 0 Å². The van der Waals surface area contributed by atoms with Gasteiger partial charge in [-0.25, -0.2) is 4.98 Å². The van der Waals surface area contributed by atoms with E-state index in [4.69, 9.17) is 9.47 Å². The number of amidine groups is 1. The van der Waals surface area contributed by atoms with Crippen molar-refractivity contribution in [3.8, 4) is 17.0 Å². The topological polar surface area (TPSA) is 90.8 Å². The van der Waals surface area contributed by atoms with Gasteiger partial charge in [0.05, 0.1) is 32.9 Å². The zero-order chi connectivity index (χ0) is 23.7. The van der Waals surface area contributed by atoms with E-state index in [0.717, 1.165) is 53.9 Å². The molecule has 1 aromatic carbocycles. The van der Waals surface area contributed by atoms with Crippen molar-refractivity contribution < 1.29 is 14.3 Å². The molecule has 1 saturated heterocycles. The third-order valence-electron chi connectivity index (χ3n) is 6.84. The predicted molar refractivity (Wildman–Crippen MR) is 131 cm³/mol. The predicted octanol–water partition coefficient (Wildman–Crippen LogP) is 2.98. The highest BCUT2D eigenvalue weighted by atomic mass is 16.5. The summed E-state index contributed by atoms with van der Waals surface area (Å²) >= 11 is 0. The van der Waals surface area contributed by atoms with Gasteiger partial charge in [0, 0.05) is 55.7 Å². The highest BCUT2D eigenvalue weighted by Gasteiger charge is 2.31. The maximum Gasteiger partial charge on any atom is 0.219 e. The quantitative estimate of drug-likeness (QED) is 0.526. The van der Waals surface area contributed by atoms with Gasteiger partial charge >= 0.3 is 0 Å². The smallest absolute Gasteiger partial charge is 0.219 e. The SMILES string of the molecule is COc1cc(-c2ccc3c(c2)CCCN3C(=N)C2=C(NC3COC3)CCN(C(C)=O)C2)ccn1. The third kappa shape index (κ3) is 4.37. The lowest BCUT2D eigenvalue weighted by Gasteiger charge is -2.38. The first-order chi connectivity index (χ1) is 16.5. The van der Waals surface area contributed by atoms with Crippen molar-refractivity contribution in [3.05, 3.63) is 53.4 Å². The first kappa shape index (κ1) is 22.4. The minimum absolute atomic E-state index is 0.0489. The Morgan fingerprint density at radius 1 is 1.18 bits per heavy atom. The van der Waals surface area contributed by atoms with Gasteiger partial charge in [0.15, 0.2) is 0 Å². The molecule has 0 bridgehead atoms. The molecule has 5 rings (SSSR count). The highest BCUT2D eigenvalue weighted by molar-refractivity contribution is 6.09. The van der Waals surface area contributed by atoms with Crippen molar-refractivity contribution in [1.82, 2.24) is 15.2 Å². The number of methoxy groups -OCH3 is 1. The van der Waals surface area contributed by atoms with Gasteiger partial charge in [0.2, 0.25) is 11.8 Å². The fourth-order valence-corrected chi connectivity index (χ4v) is 4.85. The number of carbonyl (C=O) groups is 1. The molecule has 0 spiro atoms. The van der Waals surface area contributed by atoms with Crippen molar-refractivity contribution in [2.75, 3.05) is 44.9 Å². The van der Waals surface area contributed by atoms with E-state index in [9.17, 15) is 10.2 Å². The molecule has 1 fully saturated rings.